The fourth-order valence-corrected chi connectivity index (χ4v) is 3.08. The van der Waals surface area contributed by atoms with Gasteiger partial charge in [0.1, 0.15) is 0 Å². The summed E-state index contributed by atoms with van der Waals surface area (Å²) in [5.74, 6) is -0.333. The van der Waals surface area contributed by atoms with Crippen molar-refractivity contribution in [3.8, 4) is 0 Å². The molecule has 0 saturated heterocycles. The van der Waals surface area contributed by atoms with Crippen LogP contribution in [0.3, 0.4) is 0 Å². The van der Waals surface area contributed by atoms with Gasteiger partial charge in [0.2, 0.25) is 5.91 Å². The molecule has 5 nitrogen and oxygen atoms in total. The van der Waals surface area contributed by atoms with Crippen LogP contribution < -0.4 is 10.7 Å². The van der Waals surface area contributed by atoms with Gasteiger partial charge in [-0.1, -0.05) is 23.7 Å². The van der Waals surface area contributed by atoms with Crippen LogP contribution >= 0.6 is 23.4 Å². The van der Waals surface area contributed by atoms with Crippen molar-refractivity contribution in [2.75, 3.05) is 5.32 Å². The van der Waals surface area contributed by atoms with Crippen LogP contribution in [0.5, 0.6) is 0 Å². The number of thioether (sulfide) groups is 1. The standard InChI is InChI=1S/C19H20ClN3O2S/c1-12(15-5-4-6-17(11-15)21-14(3)24)22-23-19(25)13(2)26-18-9-7-16(20)8-10-18/h4-11,13H,1-3H3,(H,21,24)(H,23,25)/b22-12+. The van der Waals surface area contributed by atoms with Crippen molar-refractivity contribution in [3.05, 3.63) is 59.1 Å². The number of benzene rings is 2. The van der Waals surface area contributed by atoms with E-state index in [1.54, 1.807) is 31.2 Å². The van der Waals surface area contributed by atoms with Crippen LogP contribution in [-0.4, -0.2) is 22.8 Å². The zero-order chi connectivity index (χ0) is 19.1. The Bertz CT molecular complexity index is 822. The molecule has 0 fully saturated rings. The van der Waals surface area contributed by atoms with Crippen LogP contribution in [0, 0.1) is 0 Å². The number of hydrogen-bond donors (Lipinski definition) is 2. The third-order valence-corrected chi connectivity index (χ3v) is 4.79. The molecule has 0 heterocycles. The molecule has 2 aromatic rings. The van der Waals surface area contributed by atoms with Crippen molar-refractivity contribution in [1.29, 1.82) is 0 Å². The maximum Gasteiger partial charge on any atom is 0.253 e. The molecule has 0 bridgehead atoms. The van der Waals surface area contributed by atoms with E-state index in [2.05, 4.69) is 15.8 Å². The summed E-state index contributed by atoms with van der Waals surface area (Å²) in [6.07, 6.45) is 0. The number of anilines is 1. The lowest BCUT2D eigenvalue weighted by Crippen LogP contribution is -2.27. The molecular formula is C19H20ClN3O2S. The number of hydrogen-bond acceptors (Lipinski definition) is 4. The van der Waals surface area contributed by atoms with Crippen LogP contribution in [-0.2, 0) is 9.59 Å². The molecule has 26 heavy (non-hydrogen) atoms. The molecule has 2 N–H and O–H groups in total. The molecule has 2 aromatic carbocycles. The van der Waals surface area contributed by atoms with Crippen molar-refractivity contribution in [1.82, 2.24) is 5.43 Å². The van der Waals surface area contributed by atoms with Gasteiger partial charge in [-0.15, -0.1) is 11.8 Å². The van der Waals surface area contributed by atoms with E-state index in [9.17, 15) is 9.59 Å². The highest BCUT2D eigenvalue weighted by Gasteiger charge is 2.14. The molecule has 2 amide bonds. The smallest absolute Gasteiger partial charge is 0.253 e. The Morgan fingerprint density at radius 2 is 1.81 bits per heavy atom. The Kier molecular flexibility index (Phi) is 7.24. The molecule has 0 aromatic heterocycles. The third-order valence-electron chi connectivity index (χ3n) is 3.43. The zero-order valence-corrected chi connectivity index (χ0v) is 16.3. The van der Waals surface area contributed by atoms with Crippen molar-refractivity contribution < 1.29 is 9.59 Å². The predicted molar refractivity (Wildman–Crippen MR) is 108 cm³/mol. The maximum atomic E-state index is 12.2. The first kappa shape index (κ1) is 20.0. The van der Waals surface area contributed by atoms with Gasteiger partial charge in [-0.25, -0.2) is 5.43 Å². The number of amides is 2. The largest absolute Gasteiger partial charge is 0.326 e. The van der Waals surface area contributed by atoms with Gasteiger partial charge >= 0.3 is 0 Å². The van der Waals surface area contributed by atoms with E-state index in [4.69, 9.17) is 11.6 Å². The van der Waals surface area contributed by atoms with Gasteiger partial charge in [-0.3, -0.25) is 9.59 Å². The van der Waals surface area contributed by atoms with Gasteiger partial charge < -0.3 is 5.32 Å². The molecule has 7 heteroatoms. The lowest BCUT2D eigenvalue weighted by Gasteiger charge is -2.10. The molecule has 0 aliphatic rings. The predicted octanol–water partition coefficient (Wildman–Crippen LogP) is 4.32. The normalized spacial score (nSPS) is 12.4. The molecular weight excluding hydrogens is 370 g/mol. The third kappa shape index (κ3) is 6.20. The second-order valence-corrected chi connectivity index (χ2v) is 7.50. The van der Waals surface area contributed by atoms with E-state index < -0.39 is 0 Å². The monoisotopic (exact) mass is 389 g/mol. The highest BCUT2D eigenvalue weighted by molar-refractivity contribution is 8.00. The first-order valence-electron chi connectivity index (χ1n) is 7.99. The average molecular weight is 390 g/mol. The van der Waals surface area contributed by atoms with Gasteiger partial charge in [0, 0.05) is 22.5 Å². The minimum absolute atomic E-state index is 0.141. The summed E-state index contributed by atoms with van der Waals surface area (Å²) in [5.41, 5.74) is 4.73. The van der Waals surface area contributed by atoms with E-state index in [-0.39, 0.29) is 17.1 Å². The number of rotatable bonds is 6. The Morgan fingerprint density at radius 1 is 1.12 bits per heavy atom. The number of hydrazone groups is 1. The van der Waals surface area contributed by atoms with E-state index >= 15 is 0 Å². The molecule has 0 spiro atoms. The van der Waals surface area contributed by atoms with E-state index in [0.717, 1.165) is 10.5 Å². The van der Waals surface area contributed by atoms with Gasteiger partial charge in [0.05, 0.1) is 11.0 Å². The van der Waals surface area contributed by atoms with E-state index in [1.165, 1.54) is 18.7 Å². The van der Waals surface area contributed by atoms with Gasteiger partial charge in [-0.05, 0) is 55.8 Å². The lowest BCUT2D eigenvalue weighted by atomic mass is 10.1. The molecule has 136 valence electrons. The summed E-state index contributed by atoms with van der Waals surface area (Å²) < 4.78 is 0. The van der Waals surface area contributed by atoms with Crippen molar-refractivity contribution in [2.45, 2.75) is 30.9 Å². The summed E-state index contributed by atoms with van der Waals surface area (Å²) >= 11 is 7.29. The van der Waals surface area contributed by atoms with Gasteiger partial charge in [0.25, 0.3) is 5.91 Å². The number of nitrogens with one attached hydrogen (secondary N) is 2. The maximum absolute atomic E-state index is 12.2. The summed E-state index contributed by atoms with van der Waals surface area (Å²) in [4.78, 5) is 24.3. The first-order chi connectivity index (χ1) is 12.3. The molecule has 0 saturated carbocycles. The highest BCUT2D eigenvalue weighted by Crippen LogP contribution is 2.24. The molecule has 2 rings (SSSR count). The second kappa shape index (κ2) is 9.40. The first-order valence-corrected chi connectivity index (χ1v) is 9.25. The highest BCUT2D eigenvalue weighted by atomic mass is 35.5. The Balaban J connectivity index is 1.97. The van der Waals surface area contributed by atoms with Crippen LogP contribution in [0.1, 0.15) is 26.3 Å². The fourth-order valence-electron chi connectivity index (χ4n) is 2.09. The lowest BCUT2D eigenvalue weighted by molar-refractivity contribution is -0.120. The average Bonchev–Trinajstić information content (AvgIpc) is 2.61. The number of halogens is 1. The topological polar surface area (TPSA) is 70.6 Å². The summed E-state index contributed by atoms with van der Waals surface area (Å²) in [6.45, 7) is 5.06. The van der Waals surface area contributed by atoms with Crippen molar-refractivity contribution >= 4 is 46.6 Å². The summed E-state index contributed by atoms with van der Waals surface area (Å²) in [5, 5.41) is 7.24. The van der Waals surface area contributed by atoms with Crippen molar-refractivity contribution in [2.24, 2.45) is 5.10 Å². The minimum atomic E-state index is -0.307. The number of carbonyl (C=O) groups excluding carboxylic acids is 2. The molecule has 0 aliphatic heterocycles. The SMILES string of the molecule is CC(=O)Nc1cccc(/C(C)=N/NC(=O)C(C)Sc2ccc(Cl)cc2)c1. The van der Waals surface area contributed by atoms with E-state index in [1.807, 2.05) is 31.2 Å². The Labute approximate surface area is 162 Å². The molecule has 0 radical (unpaired) electrons. The second-order valence-electron chi connectivity index (χ2n) is 5.65. The summed E-state index contributed by atoms with van der Waals surface area (Å²) in [7, 11) is 0. The molecule has 1 atom stereocenters. The quantitative estimate of drug-likeness (QED) is 0.439. The van der Waals surface area contributed by atoms with Gasteiger partial charge in [0.15, 0.2) is 0 Å². The fraction of sp³-hybridized carbons (Fsp3) is 0.211. The number of nitrogens with zero attached hydrogens (tertiary/aromatic N) is 1. The minimum Gasteiger partial charge on any atom is -0.326 e. The van der Waals surface area contributed by atoms with E-state index in [0.29, 0.717) is 16.4 Å². The Morgan fingerprint density at radius 3 is 2.46 bits per heavy atom. The van der Waals surface area contributed by atoms with Crippen LogP contribution in [0.25, 0.3) is 0 Å². The van der Waals surface area contributed by atoms with Gasteiger partial charge in [-0.2, -0.15) is 5.10 Å². The molecule has 1 unspecified atom stereocenters. The molecule has 0 aliphatic carbocycles. The van der Waals surface area contributed by atoms with Crippen LogP contribution in [0.2, 0.25) is 5.02 Å². The van der Waals surface area contributed by atoms with Crippen LogP contribution in [0.4, 0.5) is 5.69 Å². The number of carbonyl (C=O) groups is 2. The summed E-state index contributed by atoms with van der Waals surface area (Å²) in [6, 6.07) is 14.6. The van der Waals surface area contributed by atoms with Crippen LogP contribution in [0.15, 0.2) is 58.5 Å². The zero-order valence-electron chi connectivity index (χ0n) is 14.7. The Hall–Kier alpha value is -2.31. The van der Waals surface area contributed by atoms with Crippen molar-refractivity contribution in [3.63, 3.8) is 0 Å².